The number of hydrogen-bond donors (Lipinski definition) is 0. The van der Waals surface area contributed by atoms with Gasteiger partial charge in [-0.05, 0) is 24.3 Å². The third-order valence-corrected chi connectivity index (χ3v) is 6.55. The van der Waals surface area contributed by atoms with E-state index in [4.69, 9.17) is 4.74 Å². The molecule has 0 atom stereocenters. The number of fused-ring (bicyclic) bond motifs is 3. The third-order valence-electron chi connectivity index (χ3n) is 3.99. The van der Waals surface area contributed by atoms with Crippen LogP contribution in [-0.2, 0) is 0 Å². The first-order chi connectivity index (χ1) is 11.4. The Bertz CT molecular complexity index is 885. The summed E-state index contributed by atoms with van der Waals surface area (Å²) in [4.78, 5) is 2.67. The fourth-order valence-electron chi connectivity index (χ4n) is 2.95. The van der Waals surface area contributed by atoms with Crippen LogP contribution in [0.2, 0.25) is 0 Å². The van der Waals surface area contributed by atoms with Crippen molar-refractivity contribution in [1.82, 2.24) is 0 Å². The second-order valence-electron chi connectivity index (χ2n) is 5.41. The summed E-state index contributed by atoms with van der Waals surface area (Å²) in [5.41, 5.74) is 3.64. The van der Waals surface area contributed by atoms with Crippen LogP contribution in [-0.4, -0.2) is 0 Å². The topological polar surface area (TPSA) is 9.23 Å². The summed E-state index contributed by atoms with van der Waals surface area (Å²) in [5.74, 6) is 1.87. The lowest BCUT2D eigenvalue weighted by atomic mass is 9.95. The van der Waals surface area contributed by atoms with Crippen molar-refractivity contribution in [2.24, 2.45) is 0 Å². The highest BCUT2D eigenvalue weighted by molar-refractivity contribution is 8.25. The zero-order valence-corrected chi connectivity index (χ0v) is 13.8. The van der Waals surface area contributed by atoms with Crippen molar-refractivity contribution < 1.29 is 4.74 Å². The molecule has 110 valence electrons. The molecule has 0 amide bonds. The molecule has 5 rings (SSSR count). The van der Waals surface area contributed by atoms with Crippen molar-refractivity contribution in [3.63, 3.8) is 0 Å². The second-order valence-corrected chi connectivity index (χ2v) is 7.77. The van der Waals surface area contributed by atoms with Crippen LogP contribution in [0.15, 0.2) is 86.8 Å². The van der Waals surface area contributed by atoms with E-state index < -0.39 is 0 Å². The van der Waals surface area contributed by atoms with Crippen LogP contribution in [0.25, 0.3) is 5.57 Å². The zero-order valence-electron chi connectivity index (χ0n) is 12.2. The summed E-state index contributed by atoms with van der Waals surface area (Å²) in [7, 11) is 0. The molecular formula is C20H12OS2. The molecule has 2 heterocycles. The van der Waals surface area contributed by atoms with Gasteiger partial charge in [0, 0.05) is 26.5 Å². The predicted molar refractivity (Wildman–Crippen MR) is 97.1 cm³/mol. The fourth-order valence-corrected chi connectivity index (χ4v) is 5.58. The lowest BCUT2D eigenvalue weighted by Gasteiger charge is -2.23. The Morgan fingerprint density at radius 1 is 0.565 bits per heavy atom. The molecule has 2 aliphatic heterocycles. The largest absolute Gasteiger partial charge is 0.456 e. The number of ether oxygens (including phenoxy) is 1. The van der Waals surface area contributed by atoms with E-state index in [1.807, 2.05) is 47.8 Å². The highest BCUT2D eigenvalue weighted by atomic mass is 32.2. The smallest absolute Gasteiger partial charge is 0.135 e. The van der Waals surface area contributed by atoms with Crippen LogP contribution in [0.4, 0.5) is 0 Å². The van der Waals surface area contributed by atoms with Gasteiger partial charge in [0.05, 0.1) is 4.24 Å². The number of thioether (sulfide) groups is 2. The first-order valence-electron chi connectivity index (χ1n) is 7.46. The molecule has 0 spiro atoms. The van der Waals surface area contributed by atoms with E-state index in [-0.39, 0.29) is 0 Å². The molecule has 0 fully saturated rings. The van der Waals surface area contributed by atoms with Crippen molar-refractivity contribution in [1.29, 1.82) is 0 Å². The van der Waals surface area contributed by atoms with Gasteiger partial charge < -0.3 is 4.74 Å². The molecule has 0 N–H and O–H groups in total. The van der Waals surface area contributed by atoms with Gasteiger partial charge >= 0.3 is 0 Å². The van der Waals surface area contributed by atoms with Crippen molar-refractivity contribution in [3.05, 3.63) is 88.2 Å². The summed E-state index contributed by atoms with van der Waals surface area (Å²) >= 11 is 3.71. The van der Waals surface area contributed by atoms with Gasteiger partial charge in [0.2, 0.25) is 0 Å². The lowest BCUT2D eigenvalue weighted by Crippen LogP contribution is -2.02. The van der Waals surface area contributed by atoms with Crippen LogP contribution in [0, 0.1) is 0 Å². The molecule has 2 aliphatic rings. The quantitative estimate of drug-likeness (QED) is 0.368. The molecule has 0 radical (unpaired) electrons. The van der Waals surface area contributed by atoms with Gasteiger partial charge in [0.1, 0.15) is 11.5 Å². The minimum absolute atomic E-state index is 0.936. The van der Waals surface area contributed by atoms with Gasteiger partial charge in [-0.2, -0.15) is 0 Å². The molecule has 0 aromatic heterocycles. The maximum atomic E-state index is 6.09. The zero-order chi connectivity index (χ0) is 15.2. The molecule has 3 aromatic carbocycles. The average molecular weight is 332 g/mol. The van der Waals surface area contributed by atoms with E-state index in [0.717, 1.165) is 11.5 Å². The van der Waals surface area contributed by atoms with E-state index in [2.05, 4.69) is 48.5 Å². The minimum atomic E-state index is 0.936. The van der Waals surface area contributed by atoms with E-state index in [9.17, 15) is 0 Å². The van der Waals surface area contributed by atoms with E-state index in [1.54, 1.807) is 0 Å². The first-order valence-corrected chi connectivity index (χ1v) is 9.09. The number of hydrogen-bond acceptors (Lipinski definition) is 3. The molecule has 0 saturated carbocycles. The first kappa shape index (κ1) is 13.3. The van der Waals surface area contributed by atoms with Crippen LogP contribution in [0.3, 0.4) is 0 Å². The molecule has 3 heteroatoms. The Hall–Kier alpha value is -2.10. The van der Waals surface area contributed by atoms with Crippen LogP contribution in [0.1, 0.15) is 11.1 Å². The van der Waals surface area contributed by atoms with Gasteiger partial charge in [-0.15, -0.1) is 0 Å². The molecule has 0 unspecified atom stereocenters. The molecule has 1 nitrogen and oxygen atoms in total. The van der Waals surface area contributed by atoms with Gasteiger partial charge in [-0.1, -0.05) is 72.1 Å². The van der Waals surface area contributed by atoms with Crippen molar-refractivity contribution in [2.45, 2.75) is 9.79 Å². The number of benzene rings is 3. The van der Waals surface area contributed by atoms with Gasteiger partial charge in [0.15, 0.2) is 0 Å². The summed E-state index contributed by atoms with van der Waals surface area (Å²) in [6, 6.07) is 25.2. The van der Waals surface area contributed by atoms with Crippen molar-refractivity contribution in [3.8, 4) is 11.5 Å². The van der Waals surface area contributed by atoms with Crippen LogP contribution in [0.5, 0.6) is 11.5 Å². The highest BCUT2D eigenvalue weighted by Gasteiger charge is 2.28. The number of para-hydroxylation sites is 2. The lowest BCUT2D eigenvalue weighted by molar-refractivity contribution is 0.474. The Kier molecular flexibility index (Phi) is 3.03. The number of rotatable bonds is 0. The second kappa shape index (κ2) is 5.22. The fraction of sp³-hybridized carbons (Fsp3) is 0. The Labute approximate surface area is 143 Å². The highest BCUT2D eigenvalue weighted by Crippen LogP contribution is 2.57. The Balaban J connectivity index is 1.76. The van der Waals surface area contributed by atoms with Crippen molar-refractivity contribution >= 4 is 29.1 Å². The molecule has 0 aliphatic carbocycles. The SMILES string of the molecule is c1ccc2c(c1)Oc1ccccc1C2=C1Sc2ccccc2S1. The van der Waals surface area contributed by atoms with Crippen LogP contribution < -0.4 is 4.74 Å². The van der Waals surface area contributed by atoms with E-state index in [1.165, 1.54) is 30.7 Å². The summed E-state index contributed by atoms with van der Waals surface area (Å²) in [5, 5.41) is 0. The Morgan fingerprint density at radius 2 is 1.04 bits per heavy atom. The molecule has 23 heavy (non-hydrogen) atoms. The minimum Gasteiger partial charge on any atom is -0.456 e. The normalized spacial score (nSPS) is 14.8. The monoisotopic (exact) mass is 332 g/mol. The maximum Gasteiger partial charge on any atom is 0.135 e. The average Bonchev–Trinajstić information content (AvgIpc) is 3.03. The summed E-state index contributed by atoms with van der Waals surface area (Å²) in [6.45, 7) is 0. The predicted octanol–water partition coefficient (Wildman–Crippen LogP) is 6.41. The van der Waals surface area contributed by atoms with E-state index in [0.29, 0.717) is 0 Å². The molecule has 0 saturated heterocycles. The standard InChI is InChI=1S/C20H12OS2/c1-3-9-15-13(7-1)19(14-8-2-4-10-16(14)21-15)20-22-17-11-5-6-12-18(17)23-20/h1-12H. The molecular weight excluding hydrogens is 320 g/mol. The molecule has 3 aromatic rings. The van der Waals surface area contributed by atoms with Crippen molar-refractivity contribution in [2.75, 3.05) is 0 Å². The Morgan fingerprint density at radius 3 is 1.61 bits per heavy atom. The van der Waals surface area contributed by atoms with Gasteiger partial charge in [-0.3, -0.25) is 0 Å². The van der Waals surface area contributed by atoms with Gasteiger partial charge in [-0.25, -0.2) is 0 Å². The third kappa shape index (κ3) is 2.12. The summed E-state index contributed by atoms with van der Waals surface area (Å²) < 4.78 is 7.42. The maximum absolute atomic E-state index is 6.09. The summed E-state index contributed by atoms with van der Waals surface area (Å²) in [6.07, 6.45) is 0. The van der Waals surface area contributed by atoms with Gasteiger partial charge in [0.25, 0.3) is 0 Å². The molecule has 0 bridgehead atoms. The van der Waals surface area contributed by atoms with Crippen LogP contribution >= 0.6 is 23.5 Å². The van der Waals surface area contributed by atoms with E-state index >= 15 is 0 Å².